The van der Waals surface area contributed by atoms with Crippen LogP contribution in [0.3, 0.4) is 0 Å². The van der Waals surface area contributed by atoms with Gasteiger partial charge in [-0.1, -0.05) is 11.6 Å². The average Bonchev–Trinajstić information content (AvgIpc) is 2.05. The van der Waals surface area contributed by atoms with Gasteiger partial charge in [0, 0.05) is 27.4 Å². The van der Waals surface area contributed by atoms with Crippen LogP contribution in [-0.4, -0.2) is 11.8 Å². The Labute approximate surface area is 81.5 Å². The monoisotopic (exact) mass is 199 g/mol. The highest BCUT2D eigenvalue weighted by atomic mass is 35.5. The molecule has 0 aromatic heterocycles. The van der Waals surface area contributed by atoms with Crippen molar-refractivity contribution in [2.75, 3.05) is 11.1 Å². The summed E-state index contributed by atoms with van der Waals surface area (Å²) in [7, 11) is 0. The Bertz CT molecular complexity index is 301. The zero-order chi connectivity index (χ0) is 8.55. The summed E-state index contributed by atoms with van der Waals surface area (Å²) in [5.41, 5.74) is 1.21. The molecule has 1 nitrogen and oxygen atoms in total. The van der Waals surface area contributed by atoms with E-state index in [0.717, 1.165) is 10.8 Å². The topological polar surface area (TPSA) is 12.0 Å². The molecule has 0 fully saturated rings. The first kappa shape index (κ1) is 8.27. The van der Waals surface area contributed by atoms with E-state index in [0.29, 0.717) is 6.04 Å². The van der Waals surface area contributed by atoms with Gasteiger partial charge in [0.1, 0.15) is 0 Å². The van der Waals surface area contributed by atoms with Gasteiger partial charge in [-0.25, -0.2) is 0 Å². The van der Waals surface area contributed by atoms with Crippen molar-refractivity contribution in [3.63, 3.8) is 0 Å². The summed E-state index contributed by atoms with van der Waals surface area (Å²) in [4.78, 5) is 1.26. The Kier molecular flexibility index (Phi) is 2.20. The minimum atomic E-state index is 0.559. The van der Waals surface area contributed by atoms with E-state index in [2.05, 4.69) is 12.2 Å². The number of halogens is 1. The third-order valence-electron chi connectivity index (χ3n) is 1.83. The summed E-state index contributed by atoms with van der Waals surface area (Å²) < 4.78 is 0. The highest BCUT2D eigenvalue weighted by Crippen LogP contribution is 2.34. The molecule has 0 radical (unpaired) electrons. The van der Waals surface area contributed by atoms with E-state index in [4.69, 9.17) is 11.6 Å². The molecule has 0 saturated heterocycles. The van der Waals surface area contributed by atoms with E-state index < -0.39 is 0 Å². The van der Waals surface area contributed by atoms with E-state index >= 15 is 0 Å². The minimum absolute atomic E-state index is 0.559. The maximum Gasteiger partial charge on any atom is 0.0481 e. The van der Waals surface area contributed by atoms with Crippen molar-refractivity contribution in [3.05, 3.63) is 23.2 Å². The van der Waals surface area contributed by atoms with Crippen molar-refractivity contribution in [2.45, 2.75) is 17.9 Å². The predicted octanol–water partition coefficient (Wildman–Crippen LogP) is 3.25. The number of hydrogen-bond donors (Lipinski definition) is 1. The molecule has 0 aliphatic carbocycles. The van der Waals surface area contributed by atoms with Gasteiger partial charge in [0.2, 0.25) is 0 Å². The molecule has 64 valence electrons. The molecule has 1 aliphatic rings. The molecular formula is C9H10ClNS. The maximum atomic E-state index is 5.87. The van der Waals surface area contributed by atoms with Crippen molar-refractivity contribution in [2.24, 2.45) is 0 Å². The average molecular weight is 200 g/mol. The van der Waals surface area contributed by atoms with Gasteiger partial charge in [-0.2, -0.15) is 0 Å². The lowest BCUT2D eigenvalue weighted by atomic mass is 10.3. The van der Waals surface area contributed by atoms with Crippen LogP contribution in [-0.2, 0) is 0 Å². The van der Waals surface area contributed by atoms with Crippen molar-refractivity contribution >= 4 is 29.1 Å². The van der Waals surface area contributed by atoms with Gasteiger partial charge in [-0.15, -0.1) is 11.8 Å². The van der Waals surface area contributed by atoms with E-state index in [1.807, 2.05) is 30.0 Å². The predicted molar refractivity (Wildman–Crippen MR) is 55.3 cm³/mol. The van der Waals surface area contributed by atoms with Gasteiger partial charge in [0.25, 0.3) is 0 Å². The highest BCUT2D eigenvalue weighted by Gasteiger charge is 2.13. The first-order chi connectivity index (χ1) is 5.75. The van der Waals surface area contributed by atoms with Gasteiger partial charge in [-0.3, -0.25) is 0 Å². The molecule has 1 aliphatic heterocycles. The van der Waals surface area contributed by atoms with Gasteiger partial charge in [0.15, 0.2) is 0 Å². The number of hydrogen-bond acceptors (Lipinski definition) is 2. The molecule has 3 heteroatoms. The lowest BCUT2D eigenvalue weighted by Crippen LogP contribution is -2.21. The Morgan fingerprint density at radius 3 is 3.25 bits per heavy atom. The van der Waals surface area contributed by atoms with E-state index in [1.165, 1.54) is 10.6 Å². The number of fused-ring (bicyclic) bond motifs is 1. The molecule has 0 spiro atoms. The van der Waals surface area contributed by atoms with Gasteiger partial charge < -0.3 is 5.32 Å². The number of nitrogens with one attached hydrogen (secondary N) is 1. The molecule has 1 atom stereocenters. The van der Waals surface area contributed by atoms with Crippen LogP contribution in [0.2, 0.25) is 5.02 Å². The molecule has 12 heavy (non-hydrogen) atoms. The molecule has 0 saturated carbocycles. The molecule has 0 bridgehead atoms. The van der Waals surface area contributed by atoms with Crippen LogP contribution in [0.25, 0.3) is 0 Å². The molecule has 1 heterocycles. The summed E-state index contributed by atoms with van der Waals surface area (Å²) in [5, 5.41) is 4.22. The smallest absolute Gasteiger partial charge is 0.0481 e. The summed E-state index contributed by atoms with van der Waals surface area (Å²) in [6, 6.07) is 6.54. The fraction of sp³-hybridized carbons (Fsp3) is 0.333. The van der Waals surface area contributed by atoms with Crippen LogP contribution >= 0.6 is 23.4 Å². The standard InChI is InChI=1S/C9H10ClNS/c1-6-5-12-9-4-7(10)2-3-8(9)11-6/h2-4,6,11H,5H2,1H3. The lowest BCUT2D eigenvalue weighted by molar-refractivity contribution is 0.895. The van der Waals surface area contributed by atoms with Crippen LogP contribution < -0.4 is 5.32 Å². The van der Waals surface area contributed by atoms with Crippen LogP contribution in [0, 0.1) is 0 Å². The largest absolute Gasteiger partial charge is 0.381 e. The number of rotatable bonds is 0. The number of thioether (sulfide) groups is 1. The summed E-state index contributed by atoms with van der Waals surface area (Å²) >= 11 is 7.74. The van der Waals surface area contributed by atoms with E-state index in [9.17, 15) is 0 Å². The van der Waals surface area contributed by atoms with Crippen molar-refractivity contribution in [3.8, 4) is 0 Å². The molecule has 1 aromatic rings. The van der Waals surface area contributed by atoms with Gasteiger partial charge in [-0.05, 0) is 25.1 Å². The summed E-state index contributed by atoms with van der Waals surface area (Å²) in [6.45, 7) is 2.19. The van der Waals surface area contributed by atoms with E-state index in [-0.39, 0.29) is 0 Å². The first-order valence-corrected chi connectivity index (χ1v) is 5.31. The van der Waals surface area contributed by atoms with Crippen molar-refractivity contribution in [1.29, 1.82) is 0 Å². The third-order valence-corrected chi connectivity index (χ3v) is 3.38. The Morgan fingerprint density at radius 2 is 2.42 bits per heavy atom. The molecule has 1 aromatic carbocycles. The van der Waals surface area contributed by atoms with Crippen LogP contribution in [0.15, 0.2) is 23.1 Å². The quantitative estimate of drug-likeness (QED) is 0.689. The normalized spacial score (nSPS) is 21.3. The zero-order valence-electron chi connectivity index (χ0n) is 6.80. The number of anilines is 1. The summed E-state index contributed by atoms with van der Waals surface area (Å²) in [5.74, 6) is 1.12. The van der Waals surface area contributed by atoms with E-state index in [1.54, 1.807) is 0 Å². The SMILES string of the molecule is CC1CSc2cc(Cl)ccc2N1. The Hall–Kier alpha value is -0.340. The second kappa shape index (κ2) is 3.19. The second-order valence-electron chi connectivity index (χ2n) is 3.00. The minimum Gasteiger partial charge on any atom is -0.381 e. The molecular weight excluding hydrogens is 190 g/mol. The van der Waals surface area contributed by atoms with Crippen LogP contribution in [0.1, 0.15) is 6.92 Å². The molecule has 1 N–H and O–H groups in total. The van der Waals surface area contributed by atoms with Crippen LogP contribution in [0.4, 0.5) is 5.69 Å². The fourth-order valence-corrected chi connectivity index (χ4v) is 2.50. The summed E-state index contributed by atoms with van der Waals surface area (Å²) in [6.07, 6.45) is 0. The highest BCUT2D eigenvalue weighted by molar-refractivity contribution is 7.99. The second-order valence-corrected chi connectivity index (χ2v) is 4.50. The van der Waals surface area contributed by atoms with Gasteiger partial charge in [0.05, 0.1) is 0 Å². The Morgan fingerprint density at radius 1 is 1.58 bits per heavy atom. The Balaban J connectivity index is 2.37. The molecule has 0 amide bonds. The lowest BCUT2D eigenvalue weighted by Gasteiger charge is -2.23. The third kappa shape index (κ3) is 1.54. The van der Waals surface area contributed by atoms with Crippen molar-refractivity contribution in [1.82, 2.24) is 0 Å². The van der Waals surface area contributed by atoms with Crippen molar-refractivity contribution < 1.29 is 0 Å². The maximum absolute atomic E-state index is 5.87. The molecule has 1 unspecified atom stereocenters. The zero-order valence-corrected chi connectivity index (χ0v) is 8.38. The number of benzene rings is 1. The van der Waals surface area contributed by atoms with Gasteiger partial charge >= 0.3 is 0 Å². The van der Waals surface area contributed by atoms with Crippen LogP contribution in [0.5, 0.6) is 0 Å². The first-order valence-electron chi connectivity index (χ1n) is 3.94. The fourth-order valence-electron chi connectivity index (χ4n) is 1.26. The molecule has 2 rings (SSSR count).